The Morgan fingerprint density at radius 2 is 1.46 bits per heavy atom. The number of primary amides is 1. The van der Waals surface area contributed by atoms with Gasteiger partial charge < -0.3 is 47.8 Å². The minimum Gasteiger partial charge on any atom is -0.508 e. The Labute approximate surface area is 211 Å². The lowest BCUT2D eigenvalue weighted by molar-refractivity contribution is -0.144. The number of nitrogens with two attached hydrogens (primary N) is 2. The molecule has 0 aliphatic rings. The first-order valence-corrected chi connectivity index (χ1v) is 11.1. The molecule has 0 spiro atoms. The van der Waals surface area contributed by atoms with Crippen LogP contribution in [0, 0.1) is 0 Å². The summed E-state index contributed by atoms with van der Waals surface area (Å²) in [7, 11) is 0. The standard InChI is InChI=1S/C22H31N5O10/c1-10(28)18(21(35)26-15(22(36)37)9-16(24)30)27-20(34)14(6-7-17(31)32)25-19(33)13(23)8-11-2-4-12(29)5-3-11/h2-5,10,13-15,18,28-29H,6-9,23H2,1H3,(H2,24,30)(H,25,33)(H,26,35)(H,27,34)(H,31,32)(H,36,37). The van der Waals surface area contributed by atoms with Crippen molar-refractivity contribution in [1.29, 1.82) is 0 Å². The normalized spacial score (nSPS) is 14.8. The Morgan fingerprint density at radius 1 is 0.892 bits per heavy atom. The molecule has 0 saturated carbocycles. The Kier molecular flexibility index (Phi) is 11.9. The lowest BCUT2D eigenvalue weighted by Gasteiger charge is -2.26. The molecule has 37 heavy (non-hydrogen) atoms. The fourth-order valence-electron chi connectivity index (χ4n) is 3.12. The summed E-state index contributed by atoms with van der Waals surface area (Å²) in [5.74, 6) is -6.90. The van der Waals surface area contributed by atoms with Gasteiger partial charge in [-0.3, -0.25) is 24.0 Å². The van der Waals surface area contributed by atoms with Crippen molar-refractivity contribution in [1.82, 2.24) is 16.0 Å². The minimum atomic E-state index is -1.73. The number of aromatic hydroxyl groups is 1. The van der Waals surface area contributed by atoms with Gasteiger partial charge in [-0.25, -0.2) is 4.79 Å². The van der Waals surface area contributed by atoms with Crippen molar-refractivity contribution in [3.63, 3.8) is 0 Å². The van der Waals surface area contributed by atoms with E-state index in [-0.39, 0.29) is 12.2 Å². The summed E-state index contributed by atoms with van der Waals surface area (Å²) in [5.41, 5.74) is 11.5. The highest BCUT2D eigenvalue weighted by molar-refractivity contribution is 5.95. The Hall–Kier alpha value is -4.24. The summed E-state index contributed by atoms with van der Waals surface area (Å²) in [6.45, 7) is 1.12. The van der Waals surface area contributed by atoms with Crippen LogP contribution in [0.15, 0.2) is 24.3 Å². The quantitative estimate of drug-likeness (QED) is 0.111. The fourth-order valence-corrected chi connectivity index (χ4v) is 3.12. The van der Waals surface area contributed by atoms with Gasteiger partial charge in [0.1, 0.15) is 23.9 Å². The smallest absolute Gasteiger partial charge is 0.326 e. The monoisotopic (exact) mass is 525 g/mol. The first-order valence-electron chi connectivity index (χ1n) is 11.1. The van der Waals surface area contributed by atoms with Gasteiger partial charge in [0.2, 0.25) is 23.6 Å². The molecule has 1 rings (SSSR count). The molecule has 4 amide bonds. The van der Waals surface area contributed by atoms with E-state index < -0.39 is 85.1 Å². The van der Waals surface area contributed by atoms with Crippen LogP contribution in [0.3, 0.4) is 0 Å². The van der Waals surface area contributed by atoms with E-state index in [9.17, 15) is 39.0 Å². The average molecular weight is 526 g/mol. The van der Waals surface area contributed by atoms with Gasteiger partial charge >= 0.3 is 11.9 Å². The number of carboxylic acids is 2. The van der Waals surface area contributed by atoms with Crippen LogP contribution in [0.25, 0.3) is 0 Å². The van der Waals surface area contributed by atoms with Gasteiger partial charge in [-0.2, -0.15) is 0 Å². The molecule has 5 unspecified atom stereocenters. The van der Waals surface area contributed by atoms with Crippen LogP contribution >= 0.6 is 0 Å². The van der Waals surface area contributed by atoms with Crippen LogP contribution in [0.2, 0.25) is 0 Å². The lowest BCUT2D eigenvalue weighted by atomic mass is 10.0. The van der Waals surface area contributed by atoms with Crippen LogP contribution in [0.5, 0.6) is 5.75 Å². The molecule has 0 aliphatic carbocycles. The van der Waals surface area contributed by atoms with Crippen molar-refractivity contribution < 1.29 is 49.2 Å². The molecule has 0 radical (unpaired) electrons. The molecule has 0 heterocycles. The van der Waals surface area contributed by atoms with Gasteiger partial charge in [0, 0.05) is 6.42 Å². The number of benzene rings is 1. The minimum absolute atomic E-state index is 0.00758. The zero-order valence-electron chi connectivity index (χ0n) is 19.9. The van der Waals surface area contributed by atoms with E-state index in [2.05, 4.69) is 10.6 Å². The molecule has 0 aromatic heterocycles. The van der Waals surface area contributed by atoms with Crippen LogP contribution in [0.4, 0.5) is 0 Å². The zero-order chi connectivity index (χ0) is 28.3. The molecule has 1 aromatic carbocycles. The van der Waals surface area contributed by atoms with Gasteiger partial charge in [0.05, 0.1) is 18.6 Å². The van der Waals surface area contributed by atoms with Crippen molar-refractivity contribution in [2.24, 2.45) is 11.5 Å². The summed E-state index contributed by atoms with van der Waals surface area (Å²) in [5, 5.41) is 43.9. The number of rotatable bonds is 15. The number of phenolic OH excluding ortho intramolecular Hbond substituents is 1. The number of carboxylic acid groups (broad SMARTS) is 2. The van der Waals surface area contributed by atoms with Crippen molar-refractivity contribution in [2.75, 3.05) is 0 Å². The lowest BCUT2D eigenvalue weighted by Crippen LogP contribution is -2.60. The number of aliphatic carboxylic acids is 2. The number of aliphatic hydroxyl groups excluding tert-OH is 1. The summed E-state index contributed by atoms with van der Waals surface area (Å²) >= 11 is 0. The van der Waals surface area contributed by atoms with Gasteiger partial charge in [0.25, 0.3) is 0 Å². The molecule has 11 N–H and O–H groups in total. The first kappa shape index (κ1) is 30.8. The SMILES string of the molecule is CC(O)C(NC(=O)C(CCC(=O)O)NC(=O)C(N)Cc1ccc(O)cc1)C(=O)NC(CC(N)=O)C(=O)O. The van der Waals surface area contributed by atoms with Crippen LogP contribution in [0.1, 0.15) is 31.7 Å². The van der Waals surface area contributed by atoms with Crippen LogP contribution in [-0.2, 0) is 35.2 Å². The number of phenols is 1. The van der Waals surface area contributed by atoms with Crippen LogP contribution < -0.4 is 27.4 Å². The largest absolute Gasteiger partial charge is 0.508 e. The number of hydrogen-bond acceptors (Lipinski definition) is 9. The molecule has 0 aliphatic heterocycles. The molecule has 1 aromatic rings. The Morgan fingerprint density at radius 3 is 1.95 bits per heavy atom. The zero-order valence-corrected chi connectivity index (χ0v) is 19.9. The number of amides is 4. The number of hydrogen-bond donors (Lipinski definition) is 9. The van der Waals surface area contributed by atoms with E-state index in [4.69, 9.17) is 21.7 Å². The van der Waals surface area contributed by atoms with Crippen molar-refractivity contribution in [3.8, 4) is 5.75 Å². The Bertz CT molecular complexity index is 998. The molecule has 0 fully saturated rings. The van der Waals surface area contributed by atoms with E-state index in [0.29, 0.717) is 5.56 Å². The van der Waals surface area contributed by atoms with Gasteiger partial charge in [0.15, 0.2) is 0 Å². The average Bonchev–Trinajstić information content (AvgIpc) is 2.79. The number of carbonyl (C=O) groups excluding carboxylic acids is 4. The van der Waals surface area contributed by atoms with Crippen LogP contribution in [-0.4, -0.2) is 86.3 Å². The highest BCUT2D eigenvalue weighted by Crippen LogP contribution is 2.11. The van der Waals surface area contributed by atoms with E-state index in [1.165, 1.54) is 24.3 Å². The second-order valence-electron chi connectivity index (χ2n) is 8.27. The third kappa shape index (κ3) is 10.9. The number of nitrogens with one attached hydrogen (secondary N) is 3. The molecule has 0 bridgehead atoms. The predicted molar refractivity (Wildman–Crippen MR) is 126 cm³/mol. The number of carbonyl (C=O) groups is 6. The fraction of sp³-hybridized carbons (Fsp3) is 0.455. The van der Waals surface area contributed by atoms with Gasteiger partial charge in [-0.15, -0.1) is 0 Å². The van der Waals surface area contributed by atoms with Crippen molar-refractivity contribution in [2.45, 2.75) is 62.9 Å². The molecule has 0 saturated heterocycles. The maximum atomic E-state index is 12.9. The Balaban J connectivity index is 2.97. The van der Waals surface area contributed by atoms with Crippen molar-refractivity contribution >= 4 is 35.6 Å². The molecule has 15 heteroatoms. The first-order chi connectivity index (χ1) is 17.2. The third-order valence-corrected chi connectivity index (χ3v) is 5.09. The maximum Gasteiger partial charge on any atom is 0.326 e. The molecule has 204 valence electrons. The summed E-state index contributed by atoms with van der Waals surface area (Å²) in [6, 6.07) is -0.252. The molecular weight excluding hydrogens is 494 g/mol. The summed E-state index contributed by atoms with van der Waals surface area (Å²) < 4.78 is 0. The van der Waals surface area contributed by atoms with E-state index >= 15 is 0 Å². The van der Waals surface area contributed by atoms with E-state index in [0.717, 1.165) is 6.92 Å². The van der Waals surface area contributed by atoms with E-state index in [1.807, 2.05) is 5.32 Å². The predicted octanol–water partition coefficient (Wildman–Crippen LogP) is -3.08. The molecular formula is C22H31N5O10. The van der Waals surface area contributed by atoms with Gasteiger partial charge in [-0.1, -0.05) is 12.1 Å². The highest BCUT2D eigenvalue weighted by atomic mass is 16.4. The topological polar surface area (TPSA) is 271 Å². The van der Waals surface area contributed by atoms with Crippen molar-refractivity contribution in [3.05, 3.63) is 29.8 Å². The van der Waals surface area contributed by atoms with E-state index in [1.54, 1.807) is 0 Å². The molecule has 15 nitrogen and oxygen atoms in total. The highest BCUT2D eigenvalue weighted by Gasteiger charge is 2.33. The maximum absolute atomic E-state index is 12.9. The summed E-state index contributed by atoms with van der Waals surface area (Å²) in [6.07, 6.45) is -3.23. The number of aliphatic hydroxyl groups is 1. The second kappa shape index (κ2) is 14.4. The summed E-state index contributed by atoms with van der Waals surface area (Å²) in [4.78, 5) is 71.4. The molecule has 5 atom stereocenters. The third-order valence-electron chi connectivity index (χ3n) is 5.09. The second-order valence-corrected chi connectivity index (χ2v) is 8.27. The van der Waals surface area contributed by atoms with Gasteiger partial charge in [-0.05, 0) is 37.5 Å².